The van der Waals surface area contributed by atoms with Gasteiger partial charge in [-0.25, -0.2) is 0 Å². The van der Waals surface area contributed by atoms with E-state index in [1.807, 2.05) is 43.3 Å². The summed E-state index contributed by atoms with van der Waals surface area (Å²) in [5.74, 6) is 0.0536. The van der Waals surface area contributed by atoms with Crippen LogP contribution in [0.25, 0.3) is 5.76 Å². The van der Waals surface area contributed by atoms with Crippen LogP contribution in [0.5, 0.6) is 17.2 Å². The Labute approximate surface area is 241 Å². The third-order valence-corrected chi connectivity index (χ3v) is 7.52. The minimum atomic E-state index is -0.793. The number of Topliss-reactive ketones (excluding diaryl/α,β-unsaturated/α-hetero) is 1. The quantitative estimate of drug-likeness (QED) is 0.182. The van der Waals surface area contributed by atoms with Crippen LogP contribution in [0, 0.1) is 6.92 Å². The summed E-state index contributed by atoms with van der Waals surface area (Å²) in [5.41, 5.74) is 2.90. The summed E-state index contributed by atoms with van der Waals surface area (Å²) in [4.78, 5) is 30.6. The number of carbonyl (C=O) groups excluding carboxylic acids is 2. The predicted octanol–water partition coefficient (Wildman–Crippen LogP) is 5.35. The number of ketones is 1. The van der Waals surface area contributed by atoms with Crippen LogP contribution in [-0.2, 0) is 16.2 Å². The monoisotopic (exact) mass is 558 g/mol. The zero-order valence-electron chi connectivity index (χ0n) is 24.3. The standard InChI is InChI=1S/C33H38N2O6/c1-6-34(7-2)17-18-35-30(24-13-16-27(39-4)28(20-24)40-5)29(32(37)33(35)38)31(36)26-15-14-25(19-22(26)3)41-21-23-11-9-8-10-12-23/h8-16,19-20,30,36H,6-7,17-18,21H2,1-5H3/b31-29+/t30-/m0/s1. The maximum Gasteiger partial charge on any atom is 0.295 e. The van der Waals surface area contributed by atoms with E-state index in [0.717, 1.165) is 18.7 Å². The summed E-state index contributed by atoms with van der Waals surface area (Å²) in [6.07, 6.45) is 0. The average molecular weight is 559 g/mol. The molecule has 0 radical (unpaired) electrons. The van der Waals surface area contributed by atoms with E-state index >= 15 is 0 Å². The van der Waals surface area contributed by atoms with Gasteiger partial charge in [0.15, 0.2) is 11.5 Å². The molecular formula is C33H38N2O6. The van der Waals surface area contributed by atoms with Crippen LogP contribution in [-0.4, -0.2) is 67.0 Å². The Kier molecular flexibility index (Phi) is 9.68. The van der Waals surface area contributed by atoms with Gasteiger partial charge in [-0.2, -0.15) is 0 Å². The Balaban J connectivity index is 1.74. The predicted molar refractivity (Wildman–Crippen MR) is 158 cm³/mol. The van der Waals surface area contributed by atoms with Gasteiger partial charge in [0.1, 0.15) is 18.1 Å². The van der Waals surface area contributed by atoms with Crippen molar-refractivity contribution in [1.29, 1.82) is 0 Å². The molecule has 1 heterocycles. The van der Waals surface area contributed by atoms with E-state index < -0.39 is 17.7 Å². The van der Waals surface area contributed by atoms with Crippen molar-refractivity contribution < 1.29 is 28.9 Å². The van der Waals surface area contributed by atoms with Crippen molar-refractivity contribution >= 4 is 17.4 Å². The molecule has 4 rings (SSSR count). The van der Waals surface area contributed by atoms with Crippen molar-refractivity contribution in [3.63, 3.8) is 0 Å². The minimum Gasteiger partial charge on any atom is -0.507 e. The van der Waals surface area contributed by atoms with Crippen LogP contribution in [0.1, 0.15) is 42.1 Å². The van der Waals surface area contributed by atoms with Crippen LogP contribution in [0.3, 0.4) is 0 Å². The molecule has 0 aliphatic carbocycles. The Morgan fingerprint density at radius 1 is 0.927 bits per heavy atom. The highest BCUT2D eigenvalue weighted by Crippen LogP contribution is 2.42. The molecule has 41 heavy (non-hydrogen) atoms. The molecule has 8 heteroatoms. The van der Waals surface area contributed by atoms with Crippen LogP contribution < -0.4 is 14.2 Å². The van der Waals surface area contributed by atoms with Crippen molar-refractivity contribution in [3.05, 3.63) is 94.6 Å². The lowest BCUT2D eigenvalue weighted by Crippen LogP contribution is -2.38. The fourth-order valence-corrected chi connectivity index (χ4v) is 5.15. The minimum absolute atomic E-state index is 0.0443. The van der Waals surface area contributed by atoms with E-state index in [1.165, 1.54) is 7.11 Å². The highest BCUT2D eigenvalue weighted by Gasteiger charge is 2.46. The van der Waals surface area contributed by atoms with Crippen molar-refractivity contribution in [2.75, 3.05) is 40.4 Å². The number of hydrogen-bond acceptors (Lipinski definition) is 7. The number of carbonyl (C=O) groups is 2. The number of aliphatic hydroxyl groups excluding tert-OH is 1. The number of benzene rings is 3. The van der Waals surface area contributed by atoms with E-state index in [9.17, 15) is 14.7 Å². The average Bonchev–Trinajstić information content (AvgIpc) is 3.25. The lowest BCUT2D eigenvalue weighted by molar-refractivity contribution is -0.140. The smallest absolute Gasteiger partial charge is 0.295 e. The molecule has 1 amide bonds. The van der Waals surface area contributed by atoms with Crippen molar-refractivity contribution in [2.45, 2.75) is 33.4 Å². The number of aryl methyl sites for hydroxylation is 1. The zero-order chi connectivity index (χ0) is 29.5. The van der Waals surface area contributed by atoms with Gasteiger partial charge in [-0.1, -0.05) is 50.2 Å². The first-order chi connectivity index (χ1) is 19.8. The van der Waals surface area contributed by atoms with E-state index in [-0.39, 0.29) is 11.3 Å². The van der Waals surface area contributed by atoms with Gasteiger partial charge in [0, 0.05) is 18.7 Å². The van der Waals surface area contributed by atoms with Crippen molar-refractivity contribution in [2.24, 2.45) is 0 Å². The van der Waals surface area contributed by atoms with Gasteiger partial charge in [-0.3, -0.25) is 9.59 Å². The molecule has 1 aliphatic rings. The highest BCUT2D eigenvalue weighted by atomic mass is 16.5. The van der Waals surface area contributed by atoms with E-state index in [0.29, 0.717) is 53.6 Å². The zero-order valence-corrected chi connectivity index (χ0v) is 24.3. The second-order valence-electron chi connectivity index (χ2n) is 9.88. The third kappa shape index (κ3) is 6.38. The number of likely N-dealkylation sites (N-methyl/N-ethyl adjacent to an activating group) is 1. The van der Waals surface area contributed by atoms with Gasteiger partial charge < -0.3 is 29.1 Å². The van der Waals surface area contributed by atoms with Crippen LogP contribution in [0.15, 0.2) is 72.3 Å². The normalized spacial score (nSPS) is 16.3. The van der Waals surface area contributed by atoms with Gasteiger partial charge in [-0.15, -0.1) is 0 Å². The topological polar surface area (TPSA) is 88.5 Å². The van der Waals surface area contributed by atoms with Crippen molar-refractivity contribution in [1.82, 2.24) is 9.80 Å². The van der Waals surface area contributed by atoms with E-state index in [1.54, 1.807) is 42.3 Å². The van der Waals surface area contributed by atoms with Crippen molar-refractivity contribution in [3.8, 4) is 17.2 Å². The molecule has 3 aromatic rings. The molecule has 3 aromatic carbocycles. The molecule has 0 spiro atoms. The molecule has 1 atom stereocenters. The lowest BCUT2D eigenvalue weighted by Gasteiger charge is -2.28. The summed E-state index contributed by atoms with van der Waals surface area (Å²) in [5, 5.41) is 11.6. The maximum absolute atomic E-state index is 13.5. The van der Waals surface area contributed by atoms with Crippen LogP contribution >= 0.6 is 0 Å². The Morgan fingerprint density at radius 2 is 1.63 bits per heavy atom. The molecule has 0 bridgehead atoms. The first-order valence-corrected chi connectivity index (χ1v) is 13.8. The van der Waals surface area contributed by atoms with Gasteiger partial charge >= 0.3 is 0 Å². The molecular weight excluding hydrogens is 520 g/mol. The Morgan fingerprint density at radius 3 is 2.27 bits per heavy atom. The second kappa shape index (κ2) is 13.4. The summed E-state index contributed by atoms with van der Waals surface area (Å²) < 4.78 is 16.9. The molecule has 0 unspecified atom stereocenters. The number of amides is 1. The van der Waals surface area contributed by atoms with E-state index in [2.05, 4.69) is 18.7 Å². The Hall–Kier alpha value is -4.30. The van der Waals surface area contributed by atoms with E-state index in [4.69, 9.17) is 14.2 Å². The second-order valence-corrected chi connectivity index (χ2v) is 9.88. The van der Waals surface area contributed by atoms with Crippen LogP contribution in [0.2, 0.25) is 0 Å². The number of methoxy groups -OCH3 is 2. The van der Waals surface area contributed by atoms with Gasteiger partial charge in [-0.05, 0) is 67.0 Å². The molecule has 1 aliphatic heterocycles. The van der Waals surface area contributed by atoms with Gasteiger partial charge in [0.25, 0.3) is 11.7 Å². The number of ether oxygens (including phenoxy) is 3. The summed E-state index contributed by atoms with van der Waals surface area (Å²) >= 11 is 0. The van der Waals surface area contributed by atoms with Gasteiger partial charge in [0.2, 0.25) is 0 Å². The lowest BCUT2D eigenvalue weighted by atomic mass is 9.93. The first-order valence-electron chi connectivity index (χ1n) is 13.8. The number of nitrogens with zero attached hydrogens (tertiary/aromatic N) is 2. The Bertz CT molecular complexity index is 1410. The summed E-state index contributed by atoms with van der Waals surface area (Å²) in [6, 6.07) is 19.6. The SMILES string of the molecule is CCN(CC)CCN1C(=O)C(=O)/C(=C(/O)c2ccc(OCc3ccccc3)cc2C)[C@@H]1c1ccc(OC)c(OC)c1. The number of hydrogen-bond donors (Lipinski definition) is 1. The number of rotatable bonds is 12. The maximum atomic E-state index is 13.5. The highest BCUT2D eigenvalue weighted by molar-refractivity contribution is 6.46. The summed E-state index contributed by atoms with van der Waals surface area (Å²) in [7, 11) is 3.08. The molecule has 8 nitrogen and oxygen atoms in total. The molecule has 0 saturated carbocycles. The molecule has 0 aromatic heterocycles. The largest absolute Gasteiger partial charge is 0.507 e. The first kappa shape index (κ1) is 29.7. The molecule has 1 fully saturated rings. The number of likely N-dealkylation sites (tertiary alicyclic amines) is 1. The fraction of sp³-hybridized carbons (Fsp3) is 0.333. The fourth-order valence-electron chi connectivity index (χ4n) is 5.15. The number of aliphatic hydroxyl groups is 1. The van der Waals surface area contributed by atoms with Crippen LogP contribution in [0.4, 0.5) is 0 Å². The summed E-state index contributed by atoms with van der Waals surface area (Å²) in [6.45, 7) is 8.91. The van der Waals surface area contributed by atoms with Gasteiger partial charge in [0.05, 0.1) is 25.8 Å². The molecule has 1 saturated heterocycles. The third-order valence-electron chi connectivity index (χ3n) is 7.52. The molecule has 216 valence electrons. The molecule has 1 N–H and O–H groups in total.